The minimum Gasteiger partial charge on any atom is -0.396 e. The Morgan fingerprint density at radius 1 is 0.506 bits per heavy atom. The molecule has 0 radical (unpaired) electrons. The molecule has 28 atom stereocenters. The predicted octanol–water partition coefficient (Wildman–Crippen LogP) is -2.67. The molecule has 7 fully saturated rings. The Morgan fingerprint density at radius 3 is 1.56 bits per heavy atom. The molecule has 5 aliphatic carbocycles. The van der Waals surface area contributed by atoms with Crippen LogP contribution in [-0.4, -0.2) is 245 Å². The van der Waals surface area contributed by atoms with Gasteiger partial charge >= 0.3 is 0 Å². The number of rotatable bonds is 14. The van der Waals surface area contributed by atoms with E-state index in [-0.39, 0.29) is 52.1 Å². The van der Waals surface area contributed by atoms with Crippen LogP contribution in [0.2, 0.25) is 0 Å². The van der Waals surface area contributed by atoms with Crippen molar-refractivity contribution in [2.24, 2.45) is 44.3 Å². The molecule has 0 aromatic carbocycles. The molecule has 0 amide bonds. The van der Waals surface area contributed by atoms with Crippen molar-refractivity contribution < 1.29 is 114 Å². The molecule has 23 nitrogen and oxygen atoms in total. The van der Waals surface area contributed by atoms with Crippen LogP contribution in [0.3, 0.4) is 0 Å². The van der Waals surface area contributed by atoms with E-state index in [2.05, 4.69) is 46.8 Å². The van der Waals surface area contributed by atoms with E-state index in [1.807, 2.05) is 6.92 Å². The fraction of sp³-hybridized carbons (Fsp3) is 0.926. The van der Waals surface area contributed by atoms with Gasteiger partial charge in [0.05, 0.1) is 45.7 Å². The van der Waals surface area contributed by atoms with E-state index in [1.165, 1.54) is 11.1 Å². The molecule has 4 aliphatic heterocycles. The third-order valence-corrected chi connectivity index (χ3v) is 21.1. The number of hydrogen-bond acceptors (Lipinski definition) is 23. The molecule has 9 aliphatic rings. The Balaban J connectivity index is 0.997. The number of hydrogen-bond donors (Lipinski definition) is 15. The topological polar surface area (TPSA) is 377 Å². The first-order chi connectivity index (χ1) is 36.2. The van der Waals surface area contributed by atoms with Crippen molar-refractivity contribution in [2.45, 2.75) is 228 Å². The SMILES string of the molecule is CC1(C)CC[C@]2(CO)CC[C@]3(C)C(=C2C1)C=C[C@@H]1[C@@]2(C)CC[C@H](O[C@@H]4O[C@H](CO[C@@H]5O[C@H](CO)[C@@H](O)[C@H](O)[C@H]5O[C@@H]5O[C@H](CO)[C@@H](O)[C@H](O)[C@H]5O)[C@@H](O)[C@H](O)[C@H]4O[C@@H]4O[C@H](CO)[C@@H](O)[C@H](O)[C@H]4O)[C@@](C)(CO)[C@@H]2CC[C@]13C. The first-order valence-corrected chi connectivity index (χ1v) is 27.7. The zero-order valence-electron chi connectivity index (χ0n) is 45.0. The Labute approximate surface area is 448 Å². The van der Waals surface area contributed by atoms with E-state index in [9.17, 15) is 76.6 Å². The summed E-state index contributed by atoms with van der Waals surface area (Å²) in [6, 6.07) is 0. The van der Waals surface area contributed by atoms with Gasteiger partial charge in [-0.25, -0.2) is 0 Å². The molecule has 0 aromatic heterocycles. The minimum absolute atomic E-state index is 0.0837. The summed E-state index contributed by atoms with van der Waals surface area (Å²) in [5, 5.41) is 162. The molecule has 15 N–H and O–H groups in total. The van der Waals surface area contributed by atoms with Crippen LogP contribution in [-0.2, 0) is 37.9 Å². The molecule has 0 unspecified atom stereocenters. The highest BCUT2D eigenvalue weighted by atomic mass is 16.8. The molecule has 0 bridgehead atoms. The number of ether oxygens (including phenoxy) is 8. The first kappa shape index (κ1) is 60.2. The Kier molecular flexibility index (Phi) is 17.4. The molecule has 442 valence electrons. The second kappa shape index (κ2) is 22.3. The Morgan fingerprint density at radius 2 is 1.01 bits per heavy atom. The monoisotopic (exact) mass is 1100 g/mol. The van der Waals surface area contributed by atoms with E-state index in [0.717, 1.165) is 44.9 Å². The van der Waals surface area contributed by atoms with Gasteiger partial charge in [-0.05, 0) is 96.9 Å². The number of fused-ring (bicyclic) bond motifs is 6. The molecule has 4 heterocycles. The number of aliphatic hydroxyl groups excluding tert-OH is 15. The lowest BCUT2D eigenvalue weighted by molar-refractivity contribution is -0.388. The molecule has 0 spiro atoms. The molecule has 23 heteroatoms. The average Bonchev–Trinajstić information content (AvgIpc) is 3.58. The molecular weight excluding hydrogens is 1020 g/mol. The van der Waals surface area contributed by atoms with Gasteiger partial charge in [0.1, 0.15) is 97.7 Å². The highest BCUT2D eigenvalue weighted by Gasteiger charge is 2.68. The van der Waals surface area contributed by atoms with Gasteiger partial charge in [0.25, 0.3) is 0 Å². The smallest absolute Gasteiger partial charge is 0.187 e. The van der Waals surface area contributed by atoms with Crippen LogP contribution in [0.5, 0.6) is 0 Å². The summed E-state index contributed by atoms with van der Waals surface area (Å²) in [6.45, 7) is 10.4. The van der Waals surface area contributed by atoms with Gasteiger partial charge in [0.2, 0.25) is 0 Å². The predicted molar refractivity (Wildman–Crippen MR) is 264 cm³/mol. The van der Waals surface area contributed by atoms with Crippen LogP contribution in [0.1, 0.15) is 99.3 Å². The molecule has 0 aromatic rings. The van der Waals surface area contributed by atoms with E-state index in [1.54, 1.807) is 0 Å². The lowest BCUT2D eigenvalue weighted by Gasteiger charge is -2.70. The van der Waals surface area contributed by atoms with Crippen molar-refractivity contribution in [3.05, 3.63) is 23.3 Å². The highest BCUT2D eigenvalue weighted by molar-refractivity contribution is 5.46. The first-order valence-electron chi connectivity index (χ1n) is 27.7. The second-order valence-corrected chi connectivity index (χ2v) is 25.8. The molecule has 9 rings (SSSR count). The summed E-state index contributed by atoms with van der Waals surface area (Å²) in [7, 11) is 0. The van der Waals surface area contributed by atoms with Gasteiger partial charge in [0.15, 0.2) is 25.2 Å². The highest BCUT2D eigenvalue weighted by Crippen LogP contribution is 2.74. The van der Waals surface area contributed by atoms with Crippen LogP contribution < -0.4 is 0 Å². The quantitative estimate of drug-likeness (QED) is 0.0789. The van der Waals surface area contributed by atoms with Gasteiger partial charge in [-0.15, -0.1) is 0 Å². The van der Waals surface area contributed by atoms with E-state index in [4.69, 9.17) is 37.9 Å². The Bertz CT molecular complexity index is 2110. The molecule has 4 saturated heterocycles. The fourth-order valence-corrected chi connectivity index (χ4v) is 15.8. The molecular formula is C54H88O23. The van der Waals surface area contributed by atoms with Gasteiger partial charge in [0, 0.05) is 10.8 Å². The average molecular weight is 1110 g/mol. The lowest BCUT2D eigenvalue weighted by Crippen LogP contribution is -2.67. The van der Waals surface area contributed by atoms with Crippen LogP contribution in [0.15, 0.2) is 23.3 Å². The summed E-state index contributed by atoms with van der Waals surface area (Å²) < 4.78 is 48.3. The number of allylic oxidation sites excluding steroid dienone is 3. The molecule has 3 saturated carbocycles. The summed E-state index contributed by atoms with van der Waals surface area (Å²) in [5.41, 5.74) is 0.943. The van der Waals surface area contributed by atoms with E-state index in [0.29, 0.717) is 12.8 Å². The van der Waals surface area contributed by atoms with Crippen LogP contribution in [0, 0.1) is 44.3 Å². The lowest BCUT2D eigenvalue weighted by atomic mass is 9.35. The summed E-state index contributed by atoms with van der Waals surface area (Å²) in [6.07, 6.45) is -24.0. The van der Waals surface area contributed by atoms with Crippen molar-refractivity contribution in [2.75, 3.05) is 39.6 Å². The third-order valence-electron chi connectivity index (χ3n) is 21.1. The number of aliphatic hydroxyl groups is 15. The van der Waals surface area contributed by atoms with Gasteiger partial charge in [-0.1, -0.05) is 59.3 Å². The maximum Gasteiger partial charge on any atom is 0.187 e. The van der Waals surface area contributed by atoms with Crippen LogP contribution in [0.25, 0.3) is 0 Å². The van der Waals surface area contributed by atoms with Gasteiger partial charge < -0.3 is 114 Å². The second-order valence-electron chi connectivity index (χ2n) is 25.8. The minimum atomic E-state index is -1.96. The largest absolute Gasteiger partial charge is 0.396 e. The van der Waals surface area contributed by atoms with Crippen molar-refractivity contribution >= 4 is 0 Å². The maximum atomic E-state index is 12.0. The van der Waals surface area contributed by atoms with Gasteiger partial charge in [-0.3, -0.25) is 0 Å². The fourth-order valence-electron chi connectivity index (χ4n) is 15.8. The summed E-state index contributed by atoms with van der Waals surface area (Å²) in [5.74, 6) is -0.0539. The zero-order valence-corrected chi connectivity index (χ0v) is 45.0. The van der Waals surface area contributed by atoms with Crippen molar-refractivity contribution in [1.82, 2.24) is 0 Å². The summed E-state index contributed by atoms with van der Waals surface area (Å²) in [4.78, 5) is 0. The van der Waals surface area contributed by atoms with E-state index >= 15 is 0 Å². The third kappa shape index (κ3) is 9.96. The normalized spacial score (nSPS) is 53.8. The van der Waals surface area contributed by atoms with Crippen molar-refractivity contribution in [3.8, 4) is 0 Å². The van der Waals surface area contributed by atoms with Crippen molar-refractivity contribution in [3.63, 3.8) is 0 Å². The Hall–Kier alpha value is -1.44. The summed E-state index contributed by atoms with van der Waals surface area (Å²) >= 11 is 0. The zero-order chi connectivity index (χ0) is 56.1. The van der Waals surface area contributed by atoms with Crippen molar-refractivity contribution in [1.29, 1.82) is 0 Å². The van der Waals surface area contributed by atoms with Crippen LogP contribution >= 0.6 is 0 Å². The van der Waals surface area contributed by atoms with E-state index < -0.39 is 161 Å². The molecule has 77 heavy (non-hydrogen) atoms. The van der Waals surface area contributed by atoms with Crippen LogP contribution in [0.4, 0.5) is 0 Å². The standard InChI is InChI=1S/C54H88O23/c1-49(2)13-15-54(23-59)16-14-52(5)24(25(54)17-49)7-8-31-50(3)11-10-32(51(4,22-58)30(50)9-12-53(31,52)6)75-48-44(77-46-42(69)38(65)34(61)27(19-56)72-46)40(67)36(63)29(74-48)21-70-47-43(39(66)35(62)28(20-57)73-47)76-45-41(68)37(64)33(60)26(18-55)71-45/h7-8,26-48,55-69H,9-23H2,1-6H3/t26-,27-,28-,29-,30-,31-,32+,33-,34-,35-,36-,37+,38+,39+,40+,41-,42-,43-,44-,45+,46+,47-,48+,50+,51+,52-,53-,54-/m1/s1. The van der Waals surface area contributed by atoms with Gasteiger partial charge in [-0.2, -0.15) is 0 Å². The maximum absolute atomic E-state index is 12.0.